The van der Waals surface area contributed by atoms with Crippen molar-refractivity contribution in [3.05, 3.63) is 52.8 Å². The highest BCUT2D eigenvalue weighted by molar-refractivity contribution is 5.99. The summed E-state index contributed by atoms with van der Waals surface area (Å²) in [5.41, 5.74) is 3.09. The lowest BCUT2D eigenvalue weighted by Crippen LogP contribution is -2.21. The molecule has 2 aromatic rings. The van der Waals surface area contributed by atoms with E-state index in [0.717, 1.165) is 30.8 Å². The van der Waals surface area contributed by atoms with Gasteiger partial charge in [0.25, 0.3) is 0 Å². The lowest BCUT2D eigenvalue weighted by atomic mass is 9.98. The zero-order valence-corrected chi connectivity index (χ0v) is 18.3. The first kappa shape index (κ1) is 22.9. The Morgan fingerprint density at radius 2 is 1.90 bits per heavy atom. The molecule has 0 saturated heterocycles. The minimum absolute atomic E-state index is 0.0320. The van der Waals surface area contributed by atoms with Gasteiger partial charge in [0.05, 0.1) is 17.9 Å². The van der Waals surface area contributed by atoms with Gasteiger partial charge >= 0.3 is 0 Å². The monoisotopic (exact) mass is 398 g/mol. The Bertz CT molecular complexity index is 818. The number of aromatic hydroxyl groups is 1. The number of nitrogens with zero attached hydrogens (tertiary/aromatic N) is 1. The molecule has 0 bridgehead atoms. The molecule has 158 valence electrons. The number of aromatic nitrogens is 1. The molecule has 2 N–H and O–H groups in total. The summed E-state index contributed by atoms with van der Waals surface area (Å²) in [6, 6.07) is 9.74. The molecule has 5 heteroatoms. The zero-order valence-electron chi connectivity index (χ0n) is 18.3. The summed E-state index contributed by atoms with van der Waals surface area (Å²) < 4.78 is 5.83. The third kappa shape index (κ3) is 6.86. The molecule has 0 spiro atoms. The molecule has 2 rings (SSSR count). The number of Topliss-reactive ketones (excluding diaryl/α,β-unsaturated/α-hetero) is 1. The lowest BCUT2D eigenvalue weighted by Gasteiger charge is -2.15. The molecule has 0 aliphatic heterocycles. The maximum Gasteiger partial charge on any atom is 0.166 e. The highest BCUT2D eigenvalue weighted by Crippen LogP contribution is 2.31. The second-order valence-corrected chi connectivity index (χ2v) is 8.04. The average molecular weight is 399 g/mol. The van der Waals surface area contributed by atoms with E-state index in [1.54, 1.807) is 19.1 Å². The maximum absolute atomic E-state index is 12.2. The first-order chi connectivity index (χ1) is 13.8. The van der Waals surface area contributed by atoms with Gasteiger partial charge in [-0.1, -0.05) is 19.9 Å². The Kier molecular flexibility index (Phi) is 8.65. The Balaban J connectivity index is 1.76. The van der Waals surface area contributed by atoms with Crippen molar-refractivity contribution in [3.63, 3.8) is 0 Å². The molecule has 29 heavy (non-hydrogen) atoms. The highest BCUT2D eigenvalue weighted by atomic mass is 16.5. The Labute approximate surface area is 174 Å². The SMILES string of the molecule is Cc1cccc(C(C)NCCCCOc2ccc(C(=O)CC(C)C)c(O)c2C)n1. The number of phenols is 1. The molecular formula is C24H34N2O3. The van der Waals surface area contributed by atoms with Gasteiger partial charge in [-0.25, -0.2) is 0 Å². The predicted molar refractivity (Wildman–Crippen MR) is 117 cm³/mol. The van der Waals surface area contributed by atoms with Crippen LogP contribution in [-0.4, -0.2) is 29.0 Å². The number of nitrogens with one attached hydrogen (secondary N) is 1. The Morgan fingerprint density at radius 1 is 1.14 bits per heavy atom. The van der Waals surface area contributed by atoms with Crippen molar-refractivity contribution in [2.45, 2.75) is 59.9 Å². The molecule has 1 aromatic carbocycles. The number of unbranched alkanes of at least 4 members (excludes halogenated alkanes) is 1. The second-order valence-electron chi connectivity index (χ2n) is 8.04. The van der Waals surface area contributed by atoms with Crippen LogP contribution in [0.2, 0.25) is 0 Å². The number of pyridine rings is 1. The van der Waals surface area contributed by atoms with Gasteiger partial charge in [0.15, 0.2) is 5.78 Å². The third-order valence-corrected chi connectivity index (χ3v) is 4.91. The van der Waals surface area contributed by atoms with E-state index < -0.39 is 0 Å². The number of ether oxygens (including phenoxy) is 1. The quantitative estimate of drug-likeness (QED) is 0.405. The summed E-state index contributed by atoms with van der Waals surface area (Å²) in [5.74, 6) is 0.898. The number of hydrogen-bond donors (Lipinski definition) is 2. The molecular weight excluding hydrogens is 364 g/mol. The molecule has 1 unspecified atom stereocenters. The first-order valence-electron chi connectivity index (χ1n) is 10.4. The van der Waals surface area contributed by atoms with Crippen LogP contribution in [0.5, 0.6) is 11.5 Å². The molecule has 5 nitrogen and oxygen atoms in total. The van der Waals surface area contributed by atoms with Gasteiger partial charge < -0.3 is 15.2 Å². The Hall–Kier alpha value is -2.40. The fourth-order valence-corrected chi connectivity index (χ4v) is 3.18. The predicted octanol–water partition coefficient (Wildman–Crippen LogP) is 5.14. The first-order valence-corrected chi connectivity index (χ1v) is 10.4. The second kappa shape index (κ2) is 11.0. The largest absolute Gasteiger partial charge is 0.507 e. The summed E-state index contributed by atoms with van der Waals surface area (Å²) in [5, 5.41) is 13.9. The average Bonchev–Trinajstić information content (AvgIpc) is 2.66. The van der Waals surface area contributed by atoms with Crippen LogP contribution in [-0.2, 0) is 0 Å². The number of hydrogen-bond acceptors (Lipinski definition) is 5. The van der Waals surface area contributed by atoms with Crippen LogP contribution in [0.15, 0.2) is 30.3 Å². The van der Waals surface area contributed by atoms with E-state index in [1.165, 1.54) is 0 Å². The summed E-state index contributed by atoms with van der Waals surface area (Å²) in [6.07, 6.45) is 2.30. The van der Waals surface area contributed by atoms with Crippen molar-refractivity contribution in [1.82, 2.24) is 10.3 Å². The van der Waals surface area contributed by atoms with Crippen molar-refractivity contribution in [3.8, 4) is 11.5 Å². The molecule has 0 aliphatic rings. The van der Waals surface area contributed by atoms with E-state index in [1.807, 2.05) is 39.0 Å². The fraction of sp³-hybridized carbons (Fsp3) is 0.500. The minimum atomic E-state index is -0.0320. The van der Waals surface area contributed by atoms with Crippen molar-refractivity contribution >= 4 is 5.78 Å². The van der Waals surface area contributed by atoms with Crippen molar-refractivity contribution < 1.29 is 14.6 Å². The molecule has 1 aromatic heterocycles. The highest BCUT2D eigenvalue weighted by Gasteiger charge is 2.17. The Morgan fingerprint density at radius 3 is 2.59 bits per heavy atom. The summed E-state index contributed by atoms with van der Waals surface area (Å²) >= 11 is 0. The lowest BCUT2D eigenvalue weighted by molar-refractivity contribution is 0.0965. The van der Waals surface area contributed by atoms with E-state index in [-0.39, 0.29) is 23.5 Å². The summed E-state index contributed by atoms with van der Waals surface area (Å²) in [4.78, 5) is 16.8. The number of ketones is 1. The maximum atomic E-state index is 12.2. The smallest absolute Gasteiger partial charge is 0.166 e. The van der Waals surface area contributed by atoms with E-state index in [9.17, 15) is 9.90 Å². The van der Waals surface area contributed by atoms with E-state index in [2.05, 4.69) is 17.2 Å². The third-order valence-electron chi connectivity index (χ3n) is 4.91. The molecule has 0 amide bonds. The van der Waals surface area contributed by atoms with Crippen LogP contribution in [0.1, 0.15) is 73.4 Å². The standard InChI is InChI=1S/C24H34N2O3/c1-16(2)15-22(27)20-11-12-23(18(4)24(20)28)29-14-7-6-13-25-19(5)21-10-8-9-17(3)26-21/h8-12,16,19,25,28H,6-7,13-15H2,1-5H3. The van der Waals surface area contributed by atoms with Gasteiger partial charge in [-0.2, -0.15) is 0 Å². The number of carbonyl (C=O) groups is 1. The molecule has 0 saturated carbocycles. The van der Waals surface area contributed by atoms with Crippen molar-refractivity contribution in [1.29, 1.82) is 0 Å². The molecule has 1 atom stereocenters. The van der Waals surface area contributed by atoms with Gasteiger partial charge in [0.2, 0.25) is 0 Å². The number of aryl methyl sites for hydroxylation is 1. The van der Waals surface area contributed by atoms with Crippen molar-refractivity contribution in [2.75, 3.05) is 13.2 Å². The van der Waals surface area contributed by atoms with Crippen molar-refractivity contribution in [2.24, 2.45) is 5.92 Å². The van der Waals surface area contributed by atoms with Crippen LogP contribution in [0.4, 0.5) is 0 Å². The number of carbonyl (C=O) groups excluding carboxylic acids is 1. The van der Waals surface area contributed by atoms with Gasteiger partial charge in [-0.05, 0) is 70.3 Å². The normalized spacial score (nSPS) is 12.2. The van der Waals surface area contributed by atoms with Crippen LogP contribution in [0.25, 0.3) is 0 Å². The molecule has 0 aliphatic carbocycles. The van der Waals surface area contributed by atoms with E-state index in [0.29, 0.717) is 29.9 Å². The number of benzene rings is 1. The van der Waals surface area contributed by atoms with Crippen LogP contribution in [0.3, 0.4) is 0 Å². The van der Waals surface area contributed by atoms with E-state index in [4.69, 9.17) is 4.74 Å². The van der Waals surface area contributed by atoms with Gasteiger partial charge in [-0.15, -0.1) is 0 Å². The molecule has 1 heterocycles. The number of rotatable bonds is 11. The molecule has 0 radical (unpaired) electrons. The van der Waals surface area contributed by atoms with E-state index >= 15 is 0 Å². The van der Waals surface area contributed by atoms with Gasteiger partial charge in [0, 0.05) is 23.7 Å². The van der Waals surface area contributed by atoms with Crippen LogP contribution >= 0.6 is 0 Å². The minimum Gasteiger partial charge on any atom is -0.507 e. The van der Waals surface area contributed by atoms with Gasteiger partial charge in [-0.3, -0.25) is 9.78 Å². The van der Waals surface area contributed by atoms with Crippen LogP contribution in [0, 0.1) is 19.8 Å². The fourth-order valence-electron chi connectivity index (χ4n) is 3.18. The van der Waals surface area contributed by atoms with Gasteiger partial charge in [0.1, 0.15) is 11.5 Å². The number of phenolic OH excluding ortho intramolecular Hbond substituents is 1. The topological polar surface area (TPSA) is 71.5 Å². The summed E-state index contributed by atoms with van der Waals surface area (Å²) in [7, 11) is 0. The van der Waals surface area contributed by atoms with Crippen LogP contribution < -0.4 is 10.1 Å². The molecule has 0 fully saturated rings. The zero-order chi connectivity index (χ0) is 21.4. The summed E-state index contributed by atoms with van der Waals surface area (Å²) in [6.45, 7) is 11.3.